The normalized spacial score (nSPS) is 20.4. The highest BCUT2D eigenvalue weighted by Gasteiger charge is 2.24. The molecule has 1 aliphatic heterocycles. The van der Waals surface area contributed by atoms with E-state index in [1.54, 1.807) is 12.3 Å². The molecule has 1 aromatic heterocycles. The Morgan fingerprint density at radius 1 is 1.29 bits per heavy atom. The van der Waals surface area contributed by atoms with Gasteiger partial charge in [-0.25, -0.2) is 14.8 Å². The van der Waals surface area contributed by atoms with E-state index < -0.39 is 0 Å². The van der Waals surface area contributed by atoms with E-state index in [2.05, 4.69) is 32.7 Å². The Labute approximate surface area is 141 Å². The molecule has 1 saturated heterocycles. The number of ether oxygens (including phenoxy) is 1. The highest BCUT2D eigenvalue weighted by molar-refractivity contribution is 5.74. The molecule has 0 radical (unpaired) electrons. The summed E-state index contributed by atoms with van der Waals surface area (Å²) in [6, 6.07) is 11.9. The molecule has 0 bridgehead atoms. The van der Waals surface area contributed by atoms with Crippen LogP contribution in [0.3, 0.4) is 0 Å². The van der Waals surface area contributed by atoms with Crippen molar-refractivity contribution in [2.45, 2.75) is 38.5 Å². The van der Waals surface area contributed by atoms with Gasteiger partial charge in [0.05, 0.1) is 18.3 Å². The fourth-order valence-electron chi connectivity index (χ4n) is 2.84. The molecular weight excluding hydrogens is 304 g/mol. The van der Waals surface area contributed by atoms with Crippen LogP contribution >= 0.6 is 0 Å². The molecular formula is C18H22N4O2. The predicted molar refractivity (Wildman–Crippen MR) is 90.3 cm³/mol. The average molecular weight is 326 g/mol. The topological polar surface area (TPSA) is 76.1 Å². The third-order valence-corrected chi connectivity index (χ3v) is 4.05. The van der Waals surface area contributed by atoms with Crippen LogP contribution in [0, 0.1) is 6.92 Å². The van der Waals surface area contributed by atoms with Gasteiger partial charge in [-0.05, 0) is 31.4 Å². The number of rotatable bonds is 4. The maximum Gasteiger partial charge on any atom is 0.315 e. The minimum absolute atomic E-state index is 0.0368. The van der Waals surface area contributed by atoms with Crippen molar-refractivity contribution < 1.29 is 9.53 Å². The molecule has 6 heteroatoms. The lowest BCUT2D eigenvalue weighted by molar-refractivity contribution is 0.00225. The summed E-state index contributed by atoms with van der Waals surface area (Å²) in [6.45, 7) is 2.87. The van der Waals surface area contributed by atoms with Gasteiger partial charge in [-0.3, -0.25) is 0 Å². The summed E-state index contributed by atoms with van der Waals surface area (Å²) in [7, 11) is 0. The first-order valence-corrected chi connectivity index (χ1v) is 8.20. The predicted octanol–water partition coefficient (Wildman–Crippen LogP) is 2.50. The monoisotopic (exact) mass is 326 g/mol. The summed E-state index contributed by atoms with van der Waals surface area (Å²) in [5.41, 5.74) is 1.95. The Morgan fingerprint density at radius 3 is 2.92 bits per heavy atom. The highest BCUT2D eigenvalue weighted by atomic mass is 16.5. The summed E-state index contributed by atoms with van der Waals surface area (Å²) < 4.78 is 5.83. The van der Waals surface area contributed by atoms with Crippen molar-refractivity contribution >= 4 is 6.03 Å². The van der Waals surface area contributed by atoms with Crippen LogP contribution in [-0.4, -0.2) is 28.6 Å². The van der Waals surface area contributed by atoms with Gasteiger partial charge >= 0.3 is 6.03 Å². The maximum atomic E-state index is 12.1. The molecule has 2 heterocycles. The number of amides is 2. The van der Waals surface area contributed by atoms with Gasteiger partial charge < -0.3 is 15.4 Å². The van der Waals surface area contributed by atoms with Crippen LogP contribution in [-0.2, 0) is 11.3 Å². The van der Waals surface area contributed by atoms with E-state index in [0.29, 0.717) is 19.0 Å². The van der Waals surface area contributed by atoms with Gasteiger partial charge in [-0.2, -0.15) is 0 Å². The molecule has 2 aromatic rings. The third kappa shape index (κ3) is 4.52. The molecule has 1 aromatic carbocycles. The molecule has 6 nitrogen and oxygen atoms in total. The quantitative estimate of drug-likeness (QED) is 0.905. The molecule has 2 amide bonds. The summed E-state index contributed by atoms with van der Waals surface area (Å²) in [5.74, 6) is 0.699. The van der Waals surface area contributed by atoms with Crippen molar-refractivity contribution in [1.82, 2.24) is 20.6 Å². The standard InChI is InChI=1S/C18H22N4O2/c1-13-19-9-7-16(21-13)12-20-18(23)22-15-8-10-24-17(11-15)14-5-3-2-4-6-14/h2-7,9,15,17H,8,10-12H2,1H3,(H2,20,22,23)/t15-,17+/m1/s1. The number of benzene rings is 1. The number of hydrogen-bond donors (Lipinski definition) is 2. The van der Waals surface area contributed by atoms with Gasteiger partial charge in [0.25, 0.3) is 0 Å². The SMILES string of the molecule is Cc1nccc(CNC(=O)N[C@@H]2CCO[C@H](c3ccccc3)C2)n1. The Balaban J connectivity index is 1.49. The number of carbonyl (C=O) groups excluding carboxylic acids is 1. The molecule has 1 aliphatic rings. The minimum atomic E-state index is -0.176. The smallest absolute Gasteiger partial charge is 0.315 e. The van der Waals surface area contributed by atoms with Crippen LogP contribution in [0.5, 0.6) is 0 Å². The molecule has 1 fully saturated rings. The van der Waals surface area contributed by atoms with E-state index in [0.717, 1.165) is 24.1 Å². The Kier molecular flexibility index (Phi) is 5.38. The van der Waals surface area contributed by atoms with Crippen LogP contribution in [0.4, 0.5) is 4.79 Å². The molecule has 0 saturated carbocycles. The summed E-state index contributed by atoms with van der Waals surface area (Å²) in [4.78, 5) is 20.4. The lowest BCUT2D eigenvalue weighted by atomic mass is 9.97. The van der Waals surface area contributed by atoms with Crippen molar-refractivity contribution in [3.63, 3.8) is 0 Å². The second-order valence-corrected chi connectivity index (χ2v) is 5.91. The van der Waals surface area contributed by atoms with Crippen LogP contribution < -0.4 is 10.6 Å². The van der Waals surface area contributed by atoms with Gasteiger partial charge in [0, 0.05) is 18.8 Å². The number of nitrogens with zero attached hydrogens (tertiary/aromatic N) is 2. The lowest BCUT2D eigenvalue weighted by Gasteiger charge is -2.30. The molecule has 2 atom stereocenters. The fourth-order valence-corrected chi connectivity index (χ4v) is 2.84. The number of urea groups is 1. The van der Waals surface area contributed by atoms with Crippen molar-refractivity contribution in [1.29, 1.82) is 0 Å². The largest absolute Gasteiger partial charge is 0.373 e. The number of nitrogens with one attached hydrogen (secondary N) is 2. The zero-order chi connectivity index (χ0) is 16.8. The van der Waals surface area contributed by atoms with E-state index in [1.165, 1.54) is 0 Å². The van der Waals surface area contributed by atoms with Crippen molar-refractivity contribution in [3.8, 4) is 0 Å². The third-order valence-electron chi connectivity index (χ3n) is 4.05. The first kappa shape index (κ1) is 16.4. The first-order chi connectivity index (χ1) is 11.7. The van der Waals surface area contributed by atoms with Crippen molar-refractivity contribution in [2.75, 3.05) is 6.61 Å². The summed E-state index contributed by atoms with van der Waals surface area (Å²) >= 11 is 0. The zero-order valence-corrected chi connectivity index (χ0v) is 13.7. The van der Waals surface area contributed by atoms with Crippen molar-refractivity contribution in [2.24, 2.45) is 0 Å². The molecule has 0 spiro atoms. The maximum absolute atomic E-state index is 12.1. The van der Waals surface area contributed by atoms with Gasteiger partial charge in [0.15, 0.2) is 0 Å². The fraction of sp³-hybridized carbons (Fsp3) is 0.389. The van der Waals surface area contributed by atoms with E-state index >= 15 is 0 Å². The number of aromatic nitrogens is 2. The van der Waals surface area contributed by atoms with Gasteiger partial charge in [0.2, 0.25) is 0 Å². The Hall–Kier alpha value is -2.47. The second kappa shape index (κ2) is 7.88. The number of aryl methyl sites for hydroxylation is 1. The van der Waals surface area contributed by atoms with E-state index in [9.17, 15) is 4.79 Å². The molecule has 126 valence electrons. The van der Waals surface area contributed by atoms with E-state index in [4.69, 9.17) is 4.74 Å². The minimum Gasteiger partial charge on any atom is -0.373 e. The molecule has 3 rings (SSSR count). The van der Waals surface area contributed by atoms with Crippen LogP contribution in [0.1, 0.15) is 36.0 Å². The van der Waals surface area contributed by atoms with Crippen LogP contribution in [0.15, 0.2) is 42.6 Å². The van der Waals surface area contributed by atoms with Crippen LogP contribution in [0.25, 0.3) is 0 Å². The Morgan fingerprint density at radius 2 is 2.12 bits per heavy atom. The zero-order valence-electron chi connectivity index (χ0n) is 13.7. The van der Waals surface area contributed by atoms with E-state index in [-0.39, 0.29) is 18.2 Å². The molecule has 0 unspecified atom stereocenters. The highest BCUT2D eigenvalue weighted by Crippen LogP contribution is 2.27. The summed E-state index contributed by atoms with van der Waals surface area (Å²) in [6.07, 6.45) is 3.34. The number of hydrogen-bond acceptors (Lipinski definition) is 4. The van der Waals surface area contributed by atoms with Gasteiger partial charge in [-0.1, -0.05) is 30.3 Å². The Bertz CT molecular complexity index is 678. The molecule has 2 N–H and O–H groups in total. The van der Waals surface area contributed by atoms with Crippen LogP contribution in [0.2, 0.25) is 0 Å². The number of carbonyl (C=O) groups is 1. The molecule has 24 heavy (non-hydrogen) atoms. The summed E-state index contributed by atoms with van der Waals surface area (Å²) in [5, 5.41) is 5.88. The van der Waals surface area contributed by atoms with Gasteiger partial charge in [-0.15, -0.1) is 0 Å². The van der Waals surface area contributed by atoms with Gasteiger partial charge in [0.1, 0.15) is 5.82 Å². The second-order valence-electron chi connectivity index (χ2n) is 5.91. The lowest BCUT2D eigenvalue weighted by Crippen LogP contribution is -2.44. The average Bonchev–Trinajstić information content (AvgIpc) is 2.61. The van der Waals surface area contributed by atoms with Crippen molar-refractivity contribution in [3.05, 3.63) is 59.7 Å². The first-order valence-electron chi connectivity index (χ1n) is 8.20. The molecule has 0 aliphatic carbocycles. The van der Waals surface area contributed by atoms with E-state index in [1.807, 2.05) is 25.1 Å².